The van der Waals surface area contributed by atoms with Crippen molar-refractivity contribution in [1.82, 2.24) is 19.6 Å². The Morgan fingerprint density at radius 3 is 2.80 bits per heavy atom. The zero-order valence-electron chi connectivity index (χ0n) is 12.7. The van der Waals surface area contributed by atoms with Gasteiger partial charge in [-0.1, -0.05) is 6.07 Å². The zero-order valence-corrected chi connectivity index (χ0v) is 12.7. The number of hydrogen-bond donors (Lipinski definition) is 1. The minimum Gasteiger partial charge on any atom is -0.309 e. The number of imidazole rings is 1. The number of hydrogen-bond acceptors (Lipinski definition) is 3. The largest absolute Gasteiger partial charge is 0.309 e. The van der Waals surface area contributed by atoms with E-state index in [4.69, 9.17) is 0 Å². The van der Waals surface area contributed by atoms with E-state index in [2.05, 4.69) is 59.0 Å². The molecule has 2 aromatic rings. The van der Waals surface area contributed by atoms with Crippen LogP contribution in [-0.4, -0.2) is 40.5 Å². The first-order valence-corrected chi connectivity index (χ1v) is 7.43. The lowest BCUT2D eigenvalue weighted by atomic mass is 9.75. The van der Waals surface area contributed by atoms with Crippen LogP contribution in [0.4, 0.5) is 0 Å². The summed E-state index contributed by atoms with van der Waals surface area (Å²) in [5, 5.41) is 3.64. The summed E-state index contributed by atoms with van der Waals surface area (Å²) in [6.45, 7) is 4.03. The SMILES string of the molecule is Cc1nc2ccccn2c1CNCC1(N(C)C)CCC1. The van der Waals surface area contributed by atoms with Crippen molar-refractivity contribution in [3.63, 3.8) is 0 Å². The van der Waals surface area contributed by atoms with Crippen LogP contribution in [0.3, 0.4) is 0 Å². The predicted molar refractivity (Wildman–Crippen MR) is 81.9 cm³/mol. The van der Waals surface area contributed by atoms with Crippen molar-refractivity contribution >= 4 is 5.65 Å². The molecule has 1 aliphatic rings. The molecule has 0 unspecified atom stereocenters. The lowest BCUT2D eigenvalue weighted by Crippen LogP contribution is -2.56. The van der Waals surface area contributed by atoms with Crippen molar-refractivity contribution in [3.8, 4) is 0 Å². The molecule has 108 valence electrons. The van der Waals surface area contributed by atoms with E-state index in [1.807, 2.05) is 6.07 Å². The maximum absolute atomic E-state index is 4.61. The number of pyridine rings is 1. The molecule has 0 saturated heterocycles. The summed E-state index contributed by atoms with van der Waals surface area (Å²) in [6, 6.07) is 6.16. The summed E-state index contributed by atoms with van der Waals surface area (Å²) in [5.41, 5.74) is 3.80. The second-order valence-electron chi connectivity index (χ2n) is 6.15. The maximum atomic E-state index is 4.61. The van der Waals surface area contributed by atoms with Gasteiger partial charge >= 0.3 is 0 Å². The van der Waals surface area contributed by atoms with Crippen LogP contribution in [0.5, 0.6) is 0 Å². The number of fused-ring (bicyclic) bond motifs is 1. The summed E-state index contributed by atoms with van der Waals surface area (Å²) in [4.78, 5) is 6.99. The molecular formula is C16H24N4. The minimum atomic E-state index is 0.369. The molecule has 0 amide bonds. The first-order valence-electron chi connectivity index (χ1n) is 7.43. The third kappa shape index (κ3) is 2.23. The summed E-state index contributed by atoms with van der Waals surface area (Å²) < 4.78 is 2.19. The van der Waals surface area contributed by atoms with Crippen molar-refractivity contribution in [1.29, 1.82) is 0 Å². The molecule has 1 saturated carbocycles. The third-order valence-electron chi connectivity index (χ3n) is 4.81. The van der Waals surface area contributed by atoms with Crippen molar-refractivity contribution in [2.24, 2.45) is 0 Å². The Kier molecular flexibility index (Phi) is 3.52. The molecule has 20 heavy (non-hydrogen) atoms. The van der Waals surface area contributed by atoms with Gasteiger partial charge in [0.15, 0.2) is 0 Å². The number of nitrogens with zero attached hydrogens (tertiary/aromatic N) is 3. The summed E-state index contributed by atoms with van der Waals surface area (Å²) in [6.07, 6.45) is 6.06. The molecule has 3 rings (SSSR count). The average molecular weight is 272 g/mol. The van der Waals surface area contributed by atoms with E-state index >= 15 is 0 Å². The van der Waals surface area contributed by atoms with E-state index < -0.39 is 0 Å². The smallest absolute Gasteiger partial charge is 0.137 e. The van der Waals surface area contributed by atoms with Crippen LogP contribution >= 0.6 is 0 Å². The van der Waals surface area contributed by atoms with Crippen molar-refractivity contribution < 1.29 is 0 Å². The Hall–Kier alpha value is -1.39. The monoisotopic (exact) mass is 272 g/mol. The molecule has 4 heteroatoms. The summed E-state index contributed by atoms with van der Waals surface area (Å²) >= 11 is 0. The van der Waals surface area contributed by atoms with E-state index in [9.17, 15) is 0 Å². The van der Waals surface area contributed by atoms with Crippen molar-refractivity contribution in [2.45, 2.75) is 38.3 Å². The standard InChI is InChI=1S/C16H24N4/c1-13-14(20-10-5-4-7-15(20)18-13)11-17-12-16(19(2)3)8-6-9-16/h4-5,7,10,17H,6,8-9,11-12H2,1-3H3. The third-order valence-corrected chi connectivity index (χ3v) is 4.81. The Morgan fingerprint density at radius 2 is 2.15 bits per heavy atom. The fourth-order valence-corrected chi connectivity index (χ4v) is 3.16. The van der Waals surface area contributed by atoms with E-state index in [0.29, 0.717) is 5.54 Å². The maximum Gasteiger partial charge on any atom is 0.137 e. The molecular weight excluding hydrogens is 248 g/mol. The van der Waals surface area contributed by atoms with Gasteiger partial charge in [0.05, 0.1) is 11.4 Å². The van der Waals surface area contributed by atoms with Crippen LogP contribution in [0.25, 0.3) is 5.65 Å². The summed E-state index contributed by atoms with van der Waals surface area (Å²) in [7, 11) is 4.39. The van der Waals surface area contributed by atoms with Crippen LogP contribution in [0.1, 0.15) is 30.7 Å². The topological polar surface area (TPSA) is 32.6 Å². The highest BCUT2D eigenvalue weighted by molar-refractivity contribution is 5.42. The molecule has 1 fully saturated rings. The highest BCUT2D eigenvalue weighted by atomic mass is 15.2. The van der Waals surface area contributed by atoms with Crippen LogP contribution in [0.15, 0.2) is 24.4 Å². The molecule has 0 spiro atoms. The van der Waals surface area contributed by atoms with Crippen LogP contribution in [-0.2, 0) is 6.54 Å². The molecule has 0 atom stereocenters. The molecule has 0 aromatic carbocycles. The van der Waals surface area contributed by atoms with Gasteiger partial charge < -0.3 is 14.6 Å². The molecule has 1 N–H and O–H groups in total. The second kappa shape index (κ2) is 5.19. The van der Waals surface area contributed by atoms with Gasteiger partial charge in [-0.3, -0.25) is 0 Å². The highest BCUT2D eigenvalue weighted by Gasteiger charge is 2.38. The van der Waals surface area contributed by atoms with Crippen molar-refractivity contribution in [2.75, 3.05) is 20.6 Å². The average Bonchev–Trinajstić information content (AvgIpc) is 2.68. The van der Waals surface area contributed by atoms with Gasteiger partial charge in [0.25, 0.3) is 0 Å². The molecule has 0 aliphatic heterocycles. The molecule has 1 aliphatic carbocycles. The number of rotatable bonds is 5. The number of likely N-dealkylation sites (N-methyl/N-ethyl adjacent to an activating group) is 1. The predicted octanol–water partition coefficient (Wildman–Crippen LogP) is 2.22. The highest BCUT2D eigenvalue weighted by Crippen LogP contribution is 2.35. The van der Waals surface area contributed by atoms with Crippen LogP contribution in [0.2, 0.25) is 0 Å². The number of nitrogens with one attached hydrogen (secondary N) is 1. The fourth-order valence-electron chi connectivity index (χ4n) is 3.16. The molecule has 2 aromatic heterocycles. The van der Waals surface area contributed by atoms with Gasteiger partial charge in [0.1, 0.15) is 5.65 Å². The molecule has 4 nitrogen and oxygen atoms in total. The zero-order chi connectivity index (χ0) is 14.2. The van der Waals surface area contributed by atoms with E-state index in [-0.39, 0.29) is 0 Å². The Bertz CT molecular complexity index is 596. The Labute approximate surface area is 120 Å². The van der Waals surface area contributed by atoms with Gasteiger partial charge in [-0.2, -0.15) is 0 Å². The van der Waals surface area contributed by atoms with Crippen LogP contribution in [0, 0.1) is 6.92 Å². The molecule has 0 radical (unpaired) electrons. The normalized spacial score (nSPS) is 17.6. The number of aromatic nitrogens is 2. The van der Waals surface area contributed by atoms with E-state index in [0.717, 1.165) is 24.4 Å². The molecule has 0 bridgehead atoms. The van der Waals surface area contributed by atoms with Crippen LogP contribution < -0.4 is 5.32 Å². The quantitative estimate of drug-likeness (QED) is 0.906. The number of aryl methyl sites for hydroxylation is 1. The Balaban J connectivity index is 1.70. The lowest BCUT2D eigenvalue weighted by Gasteiger charge is -2.47. The second-order valence-corrected chi connectivity index (χ2v) is 6.15. The summed E-state index contributed by atoms with van der Waals surface area (Å²) in [5.74, 6) is 0. The van der Waals surface area contributed by atoms with Gasteiger partial charge in [-0.25, -0.2) is 4.98 Å². The van der Waals surface area contributed by atoms with Gasteiger partial charge in [-0.15, -0.1) is 0 Å². The Morgan fingerprint density at radius 1 is 1.35 bits per heavy atom. The van der Waals surface area contributed by atoms with Crippen molar-refractivity contribution in [3.05, 3.63) is 35.8 Å². The van der Waals surface area contributed by atoms with Gasteiger partial charge in [0.2, 0.25) is 0 Å². The van der Waals surface area contributed by atoms with Gasteiger partial charge in [-0.05, 0) is 52.4 Å². The fraction of sp³-hybridized carbons (Fsp3) is 0.562. The minimum absolute atomic E-state index is 0.369. The van der Waals surface area contributed by atoms with E-state index in [1.165, 1.54) is 25.0 Å². The first-order chi connectivity index (χ1) is 9.62. The van der Waals surface area contributed by atoms with Gasteiger partial charge in [0, 0.05) is 24.8 Å². The first kappa shape index (κ1) is 13.6. The van der Waals surface area contributed by atoms with E-state index in [1.54, 1.807) is 0 Å². The molecule has 2 heterocycles. The lowest BCUT2D eigenvalue weighted by molar-refractivity contribution is 0.0597.